The largest absolute Gasteiger partial charge is 0.493 e. The SMILES string of the molecule is C=CCc1ccc(OCCCn2c(C(C)NC(=O)C(C)(C)C)nc3ccccc32)c(OC)c1. The van der Waals surface area contributed by atoms with E-state index in [1.165, 1.54) is 0 Å². The van der Waals surface area contributed by atoms with Gasteiger partial charge >= 0.3 is 0 Å². The lowest BCUT2D eigenvalue weighted by molar-refractivity contribution is -0.129. The molecule has 2 aromatic carbocycles. The number of hydrogen-bond acceptors (Lipinski definition) is 4. The number of nitrogens with one attached hydrogen (secondary N) is 1. The molecule has 0 aliphatic heterocycles. The van der Waals surface area contributed by atoms with Gasteiger partial charge in [0.1, 0.15) is 5.82 Å². The summed E-state index contributed by atoms with van der Waals surface area (Å²) in [5.41, 5.74) is 2.65. The summed E-state index contributed by atoms with van der Waals surface area (Å²) in [6.45, 7) is 12.8. The van der Waals surface area contributed by atoms with Crippen LogP contribution in [0.3, 0.4) is 0 Å². The summed E-state index contributed by atoms with van der Waals surface area (Å²) >= 11 is 0. The van der Waals surface area contributed by atoms with Crippen LogP contribution in [0, 0.1) is 5.41 Å². The van der Waals surface area contributed by atoms with E-state index in [9.17, 15) is 4.79 Å². The van der Waals surface area contributed by atoms with Gasteiger partial charge in [0.2, 0.25) is 5.91 Å². The third kappa shape index (κ3) is 5.95. The average molecular weight is 450 g/mol. The standard InChI is InChI=1S/C27H35N3O3/c1-7-11-20-14-15-23(24(18-20)32-6)33-17-10-16-30-22-13-9-8-12-21(22)29-25(30)19(2)28-26(31)27(3,4)5/h7-9,12-15,18-19H,1,10-11,16-17H2,2-6H3,(H,28,31). The van der Waals surface area contributed by atoms with Crippen LogP contribution in [0.1, 0.15) is 51.5 Å². The van der Waals surface area contributed by atoms with Crippen molar-refractivity contribution >= 4 is 16.9 Å². The second kappa shape index (κ2) is 10.6. The number of nitrogens with zero attached hydrogens (tertiary/aromatic N) is 2. The summed E-state index contributed by atoms with van der Waals surface area (Å²) in [6.07, 6.45) is 3.44. The quantitative estimate of drug-likeness (QED) is 0.329. The first kappa shape index (κ1) is 24.4. The molecule has 0 aliphatic rings. The molecule has 3 aromatic rings. The predicted octanol–water partition coefficient (Wildman–Crippen LogP) is 5.47. The Labute approximate surface area is 196 Å². The maximum Gasteiger partial charge on any atom is 0.225 e. The number of methoxy groups -OCH3 is 1. The number of amides is 1. The minimum Gasteiger partial charge on any atom is -0.493 e. The number of para-hydroxylation sites is 2. The number of aryl methyl sites for hydroxylation is 1. The summed E-state index contributed by atoms with van der Waals surface area (Å²) in [4.78, 5) is 17.4. The molecule has 0 bridgehead atoms. The molecule has 3 rings (SSSR count). The van der Waals surface area contributed by atoms with E-state index in [2.05, 4.69) is 22.5 Å². The molecular formula is C27H35N3O3. The summed E-state index contributed by atoms with van der Waals surface area (Å²) in [5, 5.41) is 3.11. The van der Waals surface area contributed by atoms with Gasteiger partial charge in [0.15, 0.2) is 11.5 Å². The number of aromatic nitrogens is 2. The topological polar surface area (TPSA) is 65.4 Å². The van der Waals surface area contributed by atoms with Crippen LogP contribution in [0.25, 0.3) is 11.0 Å². The van der Waals surface area contributed by atoms with Gasteiger partial charge in [-0.15, -0.1) is 6.58 Å². The van der Waals surface area contributed by atoms with Crippen LogP contribution in [0.2, 0.25) is 0 Å². The number of carbonyl (C=O) groups excluding carboxylic acids is 1. The Kier molecular flexibility index (Phi) is 7.79. The van der Waals surface area contributed by atoms with Crippen molar-refractivity contribution in [1.29, 1.82) is 0 Å². The fraction of sp³-hybridized carbons (Fsp3) is 0.407. The lowest BCUT2D eigenvalue weighted by atomic mass is 9.95. The average Bonchev–Trinajstić information content (AvgIpc) is 3.15. The first-order chi connectivity index (χ1) is 15.7. The van der Waals surface area contributed by atoms with E-state index in [-0.39, 0.29) is 11.9 Å². The molecule has 0 saturated carbocycles. The van der Waals surface area contributed by atoms with Crippen LogP contribution in [0.15, 0.2) is 55.1 Å². The molecule has 0 spiro atoms. The van der Waals surface area contributed by atoms with E-state index in [1.54, 1.807) is 7.11 Å². The van der Waals surface area contributed by atoms with E-state index in [0.29, 0.717) is 6.61 Å². The van der Waals surface area contributed by atoms with Crippen molar-refractivity contribution in [2.75, 3.05) is 13.7 Å². The normalized spacial score (nSPS) is 12.4. The zero-order chi connectivity index (χ0) is 24.0. The highest BCUT2D eigenvalue weighted by atomic mass is 16.5. The van der Waals surface area contributed by atoms with Crippen LogP contribution in [-0.4, -0.2) is 29.2 Å². The van der Waals surface area contributed by atoms with E-state index < -0.39 is 5.41 Å². The van der Waals surface area contributed by atoms with E-state index >= 15 is 0 Å². The first-order valence-electron chi connectivity index (χ1n) is 11.4. The second-order valence-electron chi connectivity index (χ2n) is 9.24. The molecule has 1 N–H and O–H groups in total. The molecule has 0 radical (unpaired) electrons. The molecule has 1 heterocycles. The first-order valence-corrected chi connectivity index (χ1v) is 11.4. The van der Waals surface area contributed by atoms with Gasteiger partial charge in [-0.3, -0.25) is 4.79 Å². The summed E-state index contributed by atoms with van der Waals surface area (Å²) < 4.78 is 13.7. The van der Waals surface area contributed by atoms with Gasteiger partial charge < -0.3 is 19.4 Å². The van der Waals surface area contributed by atoms with Crippen LogP contribution >= 0.6 is 0 Å². The molecule has 1 unspecified atom stereocenters. The van der Waals surface area contributed by atoms with Crippen molar-refractivity contribution in [2.45, 2.75) is 53.1 Å². The Morgan fingerprint density at radius 1 is 1.21 bits per heavy atom. The van der Waals surface area contributed by atoms with Crippen molar-refractivity contribution < 1.29 is 14.3 Å². The monoisotopic (exact) mass is 449 g/mol. The number of ether oxygens (including phenoxy) is 2. The third-order valence-electron chi connectivity index (χ3n) is 5.49. The maximum atomic E-state index is 12.5. The number of rotatable bonds is 10. The summed E-state index contributed by atoms with van der Waals surface area (Å²) in [5.74, 6) is 2.30. The zero-order valence-electron chi connectivity index (χ0n) is 20.4. The lowest BCUT2D eigenvalue weighted by Crippen LogP contribution is -2.37. The second-order valence-corrected chi connectivity index (χ2v) is 9.24. The van der Waals surface area contributed by atoms with Gasteiger partial charge in [0.05, 0.1) is 30.8 Å². The molecule has 0 aliphatic carbocycles. The molecule has 0 saturated heterocycles. The zero-order valence-corrected chi connectivity index (χ0v) is 20.4. The lowest BCUT2D eigenvalue weighted by Gasteiger charge is -2.22. The van der Waals surface area contributed by atoms with Crippen LogP contribution in [0.4, 0.5) is 0 Å². The predicted molar refractivity (Wildman–Crippen MR) is 133 cm³/mol. The smallest absolute Gasteiger partial charge is 0.225 e. The van der Waals surface area contributed by atoms with Crippen molar-refractivity contribution in [1.82, 2.24) is 14.9 Å². The fourth-order valence-electron chi connectivity index (χ4n) is 3.67. The van der Waals surface area contributed by atoms with Gasteiger partial charge in [-0.2, -0.15) is 0 Å². The van der Waals surface area contributed by atoms with Crippen molar-refractivity contribution in [3.8, 4) is 11.5 Å². The molecule has 6 heteroatoms. The highest BCUT2D eigenvalue weighted by molar-refractivity contribution is 5.82. The minimum absolute atomic E-state index is 0.00364. The van der Waals surface area contributed by atoms with Crippen molar-refractivity contribution in [3.63, 3.8) is 0 Å². The molecule has 1 atom stereocenters. The molecule has 1 aromatic heterocycles. The number of hydrogen-bond donors (Lipinski definition) is 1. The summed E-state index contributed by atoms with van der Waals surface area (Å²) in [7, 11) is 1.65. The van der Waals surface area contributed by atoms with E-state index in [1.807, 2.05) is 70.2 Å². The van der Waals surface area contributed by atoms with Gasteiger partial charge in [0.25, 0.3) is 0 Å². The number of allylic oxidation sites excluding steroid dienone is 1. The molecule has 0 fully saturated rings. The van der Waals surface area contributed by atoms with Gasteiger partial charge in [-0.1, -0.05) is 45.0 Å². The number of carbonyl (C=O) groups is 1. The van der Waals surface area contributed by atoms with Crippen LogP contribution in [-0.2, 0) is 17.8 Å². The van der Waals surface area contributed by atoms with Crippen molar-refractivity contribution in [2.24, 2.45) is 5.41 Å². The van der Waals surface area contributed by atoms with Gasteiger partial charge in [0, 0.05) is 12.0 Å². The van der Waals surface area contributed by atoms with E-state index in [4.69, 9.17) is 14.5 Å². The number of fused-ring (bicyclic) bond motifs is 1. The number of benzene rings is 2. The number of imidazole rings is 1. The third-order valence-corrected chi connectivity index (χ3v) is 5.49. The molecule has 1 amide bonds. The van der Waals surface area contributed by atoms with Gasteiger partial charge in [-0.25, -0.2) is 4.98 Å². The van der Waals surface area contributed by atoms with Gasteiger partial charge in [-0.05, 0) is 49.6 Å². The molecule has 33 heavy (non-hydrogen) atoms. The van der Waals surface area contributed by atoms with Crippen molar-refractivity contribution in [3.05, 3.63) is 66.5 Å². The van der Waals surface area contributed by atoms with Crippen LogP contribution in [0.5, 0.6) is 11.5 Å². The Balaban J connectivity index is 1.72. The Bertz CT molecular complexity index is 1110. The summed E-state index contributed by atoms with van der Waals surface area (Å²) in [6, 6.07) is 13.8. The highest BCUT2D eigenvalue weighted by Gasteiger charge is 2.25. The molecule has 176 valence electrons. The maximum absolute atomic E-state index is 12.5. The Morgan fingerprint density at radius 3 is 2.67 bits per heavy atom. The van der Waals surface area contributed by atoms with E-state index in [0.717, 1.165) is 53.3 Å². The Morgan fingerprint density at radius 2 is 1.97 bits per heavy atom. The highest BCUT2D eigenvalue weighted by Crippen LogP contribution is 2.29. The molecule has 6 nitrogen and oxygen atoms in total. The molecular weight excluding hydrogens is 414 g/mol. The fourth-order valence-corrected chi connectivity index (χ4v) is 3.67. The Hall–Kier alpha value is -3.28. The van der Waals surface area contributed by atoms with Crippen LogP contribution < -0.4 is 14.8 Å². The minimum atomic E-state index is -0.459.